The van der Waals surface area contributed by atoms with Gasteiger partial charge >= 0.3 is 0 Å². The van der Waals surface area contributed by atoms with Crippen LogP contribution in [0.3, 0.4) is 0 Å². The average Bonchev–Trinajstić information content (AvgIpc) is 3.33. The van der Waals surface area contributed by atoms with Gasteiger partial charge in [0.1, 0.15) is 0 Å². The first-order valence-electron chi connectivity index (χ1n) is 11.4. The van der Waals surface area contributed by atoms with Crippen molar-refractivity contribution in [2.75, 3.05) is 44.7 Å². The predicted octanol–water partition coefficient (Wildman–Crippen LogP) is 3.18. The number of anilines is 1. The summed E-state index contributed by atoms with van der Waals surface area (Å²) in [6.45, 7) is 8.32. The molecule has 4 rings (SSSR count). The average molecular weight is 398 g/mol. The Kier molecular flexibility index (Phi) is 5.69. The number of amides is 2. The number of fused-ring (bicyclic) bond motifs is 1. The van der Waals surface area contributed by atoms with Crippen LogP contribution < -0.4 is 4.90 Å². The Bertz CT molecular complexity index is 765. The number of para-hydroxylation sites is 1. The summed E-state index contributed by atoms with van der Waals surface area (Å²) in [5.74, 6) is 0.491. The Morgan fingerprint density at radius 1 is 1.10 bits per heavy atom. The zero-order valence-electron chi connectivity index (χ0n) is 18.2. The van der Waals surface area contributed by atoms with Crippen molar-refractivity contribution in [3.05, 3.63) is 29.8 Å². The fourth-order valence-corrected chi connectivity index (χ4v) is 5.70. The van der Waals surface area contributed by atoms with Crippen LogP contribution in [-0.4, -0.2) is 61.4 Å². The number of hydrogen-bond donors (Lipinski definition) is 0. The van der Waals surface area contributed by atoms with E-state index in [0.29, 0.717) is 6.54 Å². The van der Waals surface area contributed by atoms with E-state index in [1.54, 1.807) is 0 Å². The van der Waals surface area contributed by atoms with Crippen LogP contribution in [0.15, 0.2) is 24.3 Å². The molecule has 0 aromatic heterocycles. The van der Waals surface area contributed by atoms with Crippen molar-refractivity contribution in [1.82, 2.24) is 9.80 Å². The number of hydrogen-bond acceptors (Lipinski definition) is 3. The van der Waals surface area contributed by atoms with Gasteiger partial charge in [-0.05, 0) is 63.9 Å². The molecule has 1 spiro atoms. The summed E-state index contributed by atoms with van der Waals surface area (Å²) < 4.78 is 0. The molecule has 5 heteroatoms. The zero-order chi connectivity index (χ0) is 20.6. The van der Waals surface area contributed by atoms with Crippen LogP contribution in [0.1, 0.15) is 45.1 Å². The SMILES string of the molecule is CCC(CC)C(=O)N1CC(C(=O)N2CCc3ccccc32)C2(CCN(C)CC2)C1. The number of nitrogens with zero attached hydrogens (tertiary/aromatic N) is 3. The third-order valence-corrected chi connectivity index (χ3v) is 7.73. The second kappa shape index (κ2) is 8.10. The second-order valence-electron chi connectivity index (χ2n) is 9.32. The normalized spacial score (nSPS) is 23.8. The minimum Gasteiger partial charge on any atom is -0.341 e. The summed E-state index contributed by atoms with van der Waals surface area (Å²) in [5.41, 5.74) is 2.27. The van der Waals surface area contributed by atoms with Gasteiger partial charge in [-0.1, -0.05) is 32.0 Å². The molecule has 0 radical (unpaired) electrons. The first kappa shape index (κ1) is 20.4. The summed E-state index contributed by atoms with van der Waals surface area (Å²) in [7, 11) is 2.16. The molecule has 0 N–H and O–H groups in total. The van der Waals surface area contributed by atoms with Crippen molar-refractivity contribution < 1.29 is 9.59 Å². The number of carbonyl (C=O) groups is 2. The molecule has 3 aliphatic heterocycles. The summed E-state index contributed by atoms with van der Waals surface area (Å²) in [6, 6.07) is 8.28. The van der Waals surface area contributed by atoms with Gasteiger partial charge in [0.2, 0.25) is 11.8 Å². The minimum atomic E-state index is -0.0827. The molecule has 2 fully saturated rings. The third kappa shape index (κ3) is 3.58. The molecule has 3 heterocycles. The first-order chi connectivity index (χ1) is 14.0. The van der Waals surface area contributed by atoms with E-state index >= 15 is 0 Å². The van der Waals surface area contributed by atoms with E-state index in [1.807, 2.05) is 15.9 Å². The summed E-state index contributed by atoms with van der Waals surface area (Å²) in [4.78, 5) is 33.4. The number of benzene rings is 1. The summed E-state index contributed by atoms with van der Waals surface area (Å²) >= 11 is 0. The maximum absolute atomic E-state index is 13.8. The summed E-state index contributed by atoms with van der Waals surface area (Å²) in [6.07, 6.45) is 4.68. The molecule has 3 aliphatic rings. The maximum atomic E-state index is 13.8. The standard InChI is InChI=1S/C24H35N3O2/c1-4-18(5-2)22(28)26-16-20(24(17-26)11-14-25(3)15-12-24)23(29)27-13-10-19-8-6-7-9-21(19)27/h6-9,18,20H,4-5,10-17H2,1-3H3. The predicted molar refractivity (Wildman–Crippen MR) is 116 cm³/mol. The molecule has 0 saturated carbocycles. The van der Waals surface area contributed by atoms with Gasteiger partial charge in [-0.2, -0.15) is 0 Å². The molecule has 29 heavy (non-hydrogen) atoms. The first-order valence-corrected chi connectivity index (χ1v) is 11.4. The molecule has 2 saturated heterocycles. The fraction of sp³-hybridized carbons (Fsp3) is 0.667. The van der Waals surface area contributed by atoms with E-state index in [2.05, 4.69) is 44.0 Å². The monoisotopic (exact) mass is 397 g/mol. The van der Waals surface area contributed by atoms with Crippen molar-refractivity contribution in [2.24, 2.45) is 17.3 Å². The van der Waals surface area contributed by atoms with Gasteiger partial charge in [-0.15, -0.1) is 0 Å². The van der Waals surface area contributed by atoms with Gasteiger partial charge in [0.25, 0.3) is 0 Å². The van der Waals surface area contributed by atoms with Crippen molar-refractivity contribution in [1.29, 1.82) is 0 Å². The van der Waals surface area contributed by atoms with Crippen LogP contribution in [0.25, 0.3) is 0 Å². The number of rotatable bonds is 4. The third-order valence-electron chi connectivity index (χ3n) is 7.73. The lowest BCUT2D eigenvalue weighted by Gasteiger charge is -2.41. The Morgan fingerprint density at radius 2 is 1.79 bits per heavy atom. The van der Waals surface area contributed by atoms with Crippen molar-refractivity contribution in [2.45, 2.75) is 46.0 Å². The molecule has 1 atom stereocenters. The smallest absolute Gasteiger partial charge is 0.232 e. The van der Waals surface area contributed by atoms with Gasteiger partial charge in [0.05, 0.1) is 5.92 Å². The molecular weight excluding hydrogens is 362 g/mol. The molecule has 1 unspecified atom stereocenters. The van der Waals surface area contributed by atoms with Crippen LogP contribution in [0, 0.1) is 17.3 Å². The lowest BCUT2D eigenvalue weighted by atomic mass is 9.70. The van der Waals surface area contributed by atoms with Crippen molar-refractivity contribution >= 4 is 17.5 Å². The van der Waals surface area contributed by atoms with Crippen LogP contribution in [0.4, 0.5) is 5.69 Å². The van der Waals surface area contributed by atoms with E-state index < -0.39 is 0 Å². The largest absolute Gasteiger partial charge is 0.341 e. The van der Waals surface area contributed by atoms with Gasteiger partial charge < -0.3 is 14.7 Å². The van der Waals surface area contributed by atoms with Crippen LogP contribution in [0.2, 0.25) is 0 Å². The quantitative estimate of drug-likeness (QED) is 0.784. The molecule has 158 valence electrons. The zero-order valence-corrected chi connectivity index (χ0v) is 18.2. The Morgan fingerprint density at radius 3 is 2.48 bits per heavy atom. The lowest BCUT2D eigenvalue weighted by molar-refractivity contribution is -0.135. The molecule has 0 aliphatic carbocycles. The van der Waals surface area contributed by atoms with Crippen molar-refractivity contribution in [3.8, 4) is 0 Å². The molecule has 5 nitrogen and oxygen atoms in total. The second-order valence-corrected chi connectivity index (χ2v) is 9.32. The molecule has 2 amide bonds. The lowest BCUT2D eigenvalue weighted by Crippen LogP contribution is -2.48. The van der Waals surface area contributed by atoms with Gasteiger partial charge in [-0.25, -0.2) is 0 Å². The topological polar surface area (TPSA) is 43.9 Å². The van der Waals surface area contributed by atoms with Crippen LogP contribution in [-0.2, 0) is 16.0 Å². The molecule has 0 bridgehead atoms. The molecular formula is C24H35N3O2. The van der Waals surface area contributed by atoms with E-state index in [9.17, 15) is 9.59 Å². The fourth-order valence-electron chi connectivity index (χ4n) is 5.70. The van der Waals surface area contributed by atoms with Gasteiger partial charge in [0.15, 0.2) is 0 Å². The maximum Gasteiger partial charge on any atom is 0.232 e. The highest BCUT2D eigenvalue weighted by Gasteiger charge is 2.53. The summed E-state index contributed by atoms with van der Waals surface area (Å²) in [5, 5.41) is 0. The Labute approximate surface area is 175 Å². The highest BCUT2D eigenvalue weighted by Crippen LogP contribution is 2.47. The number of carbonyl (C=O) groups excluding carboxylic acids is 2. The van der Waals surface area contributed by atoms with Crippen molar-refractivity contribution in [3.63, 3.8) is 0 Å². The van der Waals surface area contributed by atoms with Crippen LogP contribution in [0.5, 0.6) is 0 Å². The van der Waals surface area contributed by atoms with E-state index in [-0.39, 0.29) is 29.1 Å². The van der Waals surface area contributed by atoms with Gasteiger partial charge in [-0.3, -0.25) is 9.59 Å². The highest BCUT2D eigenvalue weighted by atomic mass is 16.2. The Hall–Kier alpha value is -1.88. The highest BCUT2D eigenvalue weighted by molar-refractivity contribution is 5.98. The molecule has 1 aromatic carbocycles. The number of piperidine rings is 1. The van der Waals surface area contributed by atoms with Gasteiger partial charge in [0, 0.05) is 36.7 Å². The number of likely N-dealkylation sites (tertiary alicyclic amines) is 2. The van der Waals surface area contributed by atoms with E-state index in [4.69, 9.17) is 0 Å². The van der Waals surface area contributed by atoms with Crippen LogP contribution >= 0.6 is 0 Å². The van der Waals surface area contributed by atoms with E-state index in [0.717, 1.165) is 64.0 Å². The minimum absolute atomic E-state index is 0.0666. The molecule has 1 aromatic rings. The Balaban J connectivity index is 1.61. The van der Waals surface area contributed by atoms with E-state index in [1.165, 1.54) is 5.56 Å².